The number of hydrogen-bond donors (Lipinski definition) is 0. The van der Waals surface area contributed by atoms with E-state index in [0.717, 1.165) is 0 Å². The Hall–Kier alpha value is -1.04. The summed E-state index contributed by atoms with van der Waals surface area (Å²) >= 11 is 0. The van der Waals surface area contributed by atoms with E-state index in [9.17, 15) is 0 Å². The topological polar surface area (TPSA) is 0 Å². The van der Waals surface area contributed by atoms with E-state index in [4.69, 9.17) is 0 Å². The molecular weight excluding hydrogens is 168 g/mol. The lowest BCUT2D eigenvalue weighted by molar-refractivity contribution is 0.421. The Kier molecular flexibility index (Phi) is 3.15. The monoisotopic (exact) mass is 188 g/mol. The molecule has 14 heavy (non-hydrogen) atoms. The zero-order valence-electron chi connectivity index (χ0n) is 9.67. The first-order chi connectivity index (χ1) is 6.50. The van der Waals surface area contributed by atoms with Crippen molar-refractivity contribution in [3.05, 3.63) is 48.0 Å². The maximum atomic E-state index is 3.96. The van der Waals surface area contributed by atoms with Crippen LogP contribution in [0.4, 0.5) is 0 Å². The molecule has 0 fully saturated rings. The Bertz CT molecular complexity index is 323. The molecule has 76 valence electrons. The average Bonchev–Trinajstić information content (AvgIpc) is 2.16. The van der Waals surface area contributed by atoms with Crippen molar-refractivity contribution in [3.63, 3.8) is 0 Å². The van der Waals surface area contributed by atoms with E-state index in [2.05, 4.69) is 64.6 Å². The fourth-order valence-electron chi connectivity index (χ4n) is 1.67. The van der Waals surface area contributed by atoms with E-state index in [1.54, 1.807) is 0 Å². The molecular formula is C14H20. The van der Waals surface area contributed by atoms with Crippen molar-refractivity contribution in [1.29, 1.82) is 0 Å². The predicted molar refractivity (Wildman–Crippen MR) is 63.6 cm³/mol. The molecule has 0 N–H and O–H groups in total. The number of rotatable bonds is 3. The summed E-state index contributed by atoms with van der Waals surface area (Å²) in [6.45, 7) is 12.8. The number of hydrogen-bond acceptors (Lipinski definition) is 0. The van der Waals surface area contributed by atoms with Crippen molar-refractivity contribution in [2.45, 2.75) is 33.1 Å². The molecule has 0 aliphatic rings. The van der Waals surface area contributed by atoms with E-state index >= 15 is 0 Å². The summed E-state index contributed by atoms with van der Waals surface area (Å²) in [4.78, 5) is 0. The third kappa shape index (κ3) is 1.89. The normalized spacial score (nSPS) is 15.2. The number of allylic oxidation sites excluding steroid dienone is 1. The lowest BCUT2D eigenvalue weighted by Crippen LogP contribution is -2.25. The molecule has 0 nitrogen and oxygen atoms in total. The van der Waals surface area contributed by atoms with Gasteiger partial charge in [0.1, 0.15) is 0 Å². The van der Waals surface area contributed by atoms with Crippen LogP contribution in [0.2, 0.25) is 0 Å². The van der Waals surface area contributed by atoms with Gasteiger partial charge < -0.3 is 0 Å². The first kappa shape index (κ1) is 11.0. The predicted octanol–water partition coefficient (Wildman–Crippen LogP) is 4.09. The smallest absolute Gasteiger partial charge is 0.0124 e. The van der Waals surface area contributed by atoms with Crippen LogP contribution in [0.5, 0.6) is 0 Å². The molecule has 1 atom stereocenters. The van der Waals surface area contributed by atoms with E-state index in [-0.39, 0.29) is 5.41 Å². The summed E-state index contributed by atoms with van der Waals surface area (Å²) in [6.07, 6.45) is 2.06. The Morgan fingerprint density at radius 2 is 2.00 bits per heavy atom. The van der Waals surface area contributed by atoms with Gasteiger partial charge in [-0.25, -0.2) is 0 Å². The molecule has 0 unspecified atom stereocenters. The van der Waals surface area contributed by atoms with E-state index in [0.29, 0.717) is 5.92 Å². The highest BCUT2D eigenvalue weighted by Gasteiger charge is 2.26. The Labute approximate surface area is 87.7 Å². The van der Waals surface area contributed by atoms with E-state index in [1.807, 2.05) is 0 Å². The van der Waals surface area contributed by atoms with Gasteiger partial charge in [0.05, 0.1) is 0 Å². The lowest BCUT2D eigenvalue weighted by atomic mass is 9.73. The second-order valence-electron chi connectivity index (χ2n) is 4.51. The Balaban J connectivity index is 3.19. The van der Waals surface area contributed by atoms with Crippen LogP contribution < -0.4 is 0 Å². The van der Waals surface area contributed by atoms with Crippen molar-refractivity contribution in [3.8, 4) is 0 Å². The molecule has 0 saturated heterocycles. The summed E-state index contributed by atoms with van der Waals surface area (Å²) in [7, 11) is 0. The van der Waals surface area contributed by atoms with Crippen LogP contribution in [0, 0.1) is 12.8 Å². The van der Waals surface area contributed by atoms with Gasteiger partial charge in [0, 0.05) is 5.41 Å². The standard InChI is InChI=1S/C14H20/c1-6-14(5,11(2)3)13-9-7-8-12(4)10-13/h6-11H,1H2,2-5H3/t14-/m1/s1. The van der Waals surface area contributed by atoms with Crippen molar-refractivity contribution >= 4 is 0 Å². The summed E-state index contributed by atoms with van der Waals surface area (Å²) in [5.41, 5.74) is 2.77. The maximum Gasteiger partial charge on any atom is 0.0124 e. The van der Waals surface area contributed by atoms with Gasteiger partial charge in [0.25, 0.3) is 0 Å². The Morgan fingerprint density at radius 3 is 2.43 bits per heavy atom. The van der Waals surface area contributed by atoms with Crippen LogP contribution in [0.3, 0.4) is 0 Å². The van der Waals surface area contributed by atoms with Crippen molar-refractivity contribution in [1.82, 2.24) is 0 Å². The van der Waals surface area contributed by atoms with E-state index < -0.39 is 0 Å². The van der Waals surface area contributed by atoms with Crippen molar-refractivity contribution in [2.75, 3.05) is 0 Å². The molecule has 0 amide bonds. The summed E-state index contributed by atoms with van der Waals surface area (Å²) in [5, 5.41) is 0. The van der Waals surface area contributed by atoms with Crippen LogP contribution in [-0.4, -0.2) is 0 Å². The average molecular weight is 188 g/mol. The van der Waals surface area contributed by atoms with Gasteiger partial charge in [-0.1, -0.05) is 56.7 Å². The van der Waals surface area contributed by atoms with Gasteiger partial charge in [0.2, 0.25) is 0 Å². The summed E-state index contributed by atoms with van der Waals surface area (Å²) < 4.78 is 0. The fourth-order valence-corrected chi connectivity index (χ4v) is 1.67. The molecule has 0 spiro atoms. The number of aryl methyl sites for hydroxylation is 1. The SMILES string of the molecule is C=C[C@@](C)(c1cccc(C)c1)C(C)C. The highest BCUT2D eigenvalue weighted by atomic mass is 14.3. The minimum atomic E-state index is 0.0893. The molecule has 1 aromatic carbocycles. The summed E-state index contributed by atoms with van der Waals surface area (Å²) in [6, 6.07) is 8.69. The van der Waals surface area contributed by atoms with Gasteiger partial charge in [-0.2, -0.15) is 0 Å². The molecule has 0 heterocycles. The lowest BCUT2D eigenvalue weighted by Gasteiger charge is -2.31. The maximum absolute atomic E-state index is 3.96. The largest absolute Gasteiger partial charge is 0.102 e. The zero-order chi connectivity index (χ0) is 10.8. The fraction of sp³-hybridized carbons (Fsp3) is 0.429. The van der Waals surface area contributed by atoms with Crippen LogP contribution >= 0.6 is 0 Å². The van der Waals surface area contributed by atoms with Crippen molar-refractivity contribution < 1.29 is 0 Å². The summed E-state index contributed by atoms with van der Waals surface area (Å²) in [5.74, 6) is 0.571. The highest BCUT2D eigenvalue weighted by molar-refractivity contribution is 5.33. The van der Waals surface area contributed by atoms with Gasteiger partial charge in [0.15, 0.2) is 0 Å². The molecule has 0 aliphatic heterocycles. The molecule has 0 heteroatoms. The van der Waals surface area contributed by atoms with Gasteiger partial charge in [-0.3, -0.25) is 0 Å². The molecule has 1 aromatic rings. The molecule has 1 rings (SSSR count). The molecule has 0 saturated carbocycles. The van der Waals surface area contributed by atoms with E-state index in [1.165, 1.54) is 11.1 Å². The second-order valence-corrected chi connectivity index (χ2v) is 4.51. The van der Waals surface area contributed by atoms with Crippen LogP contribution in [0.25, 0.3) is 0 Å². The van der Waals surface area contributed by atoms with Gasteiger partial charge >= 0.3 is 0 Å². The third-order valence-corrected chi connectivity index (χ3v) is 3.26. The first-order valence-corrected chi connectivity index (χ1v) is 5.21. The minimum absolute atomic E-state index is 0.0893. The minimum Gasteiger partial charge on any atom is -0.102 e. The molecule has 0 bridgehead atoms. The Morgan fingerprint density at radius 1 is 1.36 bits per heavy atom. The van der Waals surface area contributed by atoms with Crippen LogP contribution in [-0.2, 0) is 5.41 Å². The highest BCUT2D eigenvalue weighted by Crippen LogP contribution is 2.33. The quantitative estimate of drug-likeness (QED) is 0.627. The van der Waals surface area contributed by atoms with Crippen LogP contribution in [0.15, 0.2) is 36.9 Å². The number of benzene rings is 1. The molecule has 0 aliphatic carbocycles. The third-order valence-electron chi connectivity index (χ3n) is 3.26. The van der Waals surface area contributed by atoms with Gasteiger partial charge in [-0.15, -0.1) is 6.58 Å². The van der Waals surface area contributed by atoms with Gasteiger partial charge in [-0.05, 0) is 18.4 Å². The molecule has 0 radical (unpaired) electrons. The zero-order valence-corrected chi connectivity index (χ0v) is 9.67. The second kappa shape index (κ2) is 4.00. The first-order valence-electron chi connectivity index (χ1n) is 5.21. The molecule has 0 aromatic heterocycles. The van der Waals surface area contributed by atoms with Crippen molar-refractivity contribution in [2.24, 2.45) is 5.92 Å². The van der Waals surface area contributed by atoms with Crippen LogP contribution in [0.1, 0.15) is 31.9 Å².